The van der Waals surface area contributed by atoms with Crippen LogP contribution in [0, 0.1) is 0 Å². The zero-order valence-corrected chi connectivity index (χ0v) is 17.0. The summed E-state index contributed by atoms with van der Waals surface area (Å²) in [5, 5.41) is 10.5. The summed E-state index contributed by atoms with van der Waals surface area (Å²) in [5.74, 6) is 0.913. The molecule has 2 aromatic carbocycles. The summed E-state index contributed by atoms with van der Waals surface area (Å²) in [5.41, 5.74) is 2.31. The van der Waals surface area contributed by atoms with Crippen LogP contribution in [-0.2, 0) is 4.74 Å². The quantitative estimate of drug-likeness (QED) is 0.718. The van der Waals surface area contributed by atoms with Crippen molar-refractivity contribution in [3.8, 4) is 5.75 Å². The molecule has 28 heavy (non-hydrogen) atoms. The Hall–Kier alpha value is -2.08. The Labute approximate surface area is 168 Å². The van der Waals surface area contributed by atoms with Gasteiger partial charge in [-0.25, -0.2) is 0 Å². The van der Waals surface area contributed by atoms with Gasteiger partial charge in [-0.2, -0.15) is 0 Å². The molecule has 0 radical (unpaired) electrons. The normalized spacial score (nSPS) is 17.3. The smallest absolute Gasteiger partial charge is 0.142 e. The van der Waals surface area contributed by atoms with Crippen LogP contribution in [0.3, 0.4) is 0 Å². The summed E-state index contributed by atoms with van der Waals surface area (Å²) in [7, 11) is 1.71. The van der Waals surface area contributed by atoms with E-state index in [9.17, 15) is 5.11 Å². The van der Waals surface area contributed by atoms with Crippen LogP contribution in [0.1, 0.15) is 25.0 Å². The minimum absolute atomic E-state index is 0.0400. The maximum Gasteiger partial charge on any atom is 0.142 e. The van der Waals surface area contributed by atoms with Crippen LogP contribution in [0.4, 0.5) is 5.69 Å². The number of aliphatic hydroxyl groups excluding tert-OH is 1. The van der Waals surface area contributed by atoms with Crippen molar-refractivity contribution in [2.24, 2.45) is 0 Å². The Kier molecular flexibility index (Phi) is 7.71. The first-order valence-corrected chi connectivity index (χ1v) is 10.2. The van der Waals surface area contributed by atoms with Gasteiger partial charge in [0, 0.05) is 32.7 Å². The minimum Gasteiger partial charge on any atom is -0.495 e. The molecule has 5 heteroatoms. The van der Waals surface area contributed by atoms with Gasteiger partial charge in [-0.05, 0) is 24.1 Å². The summed E-state index contributed by atoms with van der Waals surface area (Å²) >= 11 is 0. The van der Waals surface area contributed by atoms with E-state index in [2.05, 4.69) is 34.9 Å². The monoisotopic (exact) mass is 384 g/mol. The Balaban J connectivity index is 1.44. The van der Waals surface area contributed by atoms with Gasteiger partial charge in [-0.1, -0.05) is 49.4 Å². The first-order chi connectivity index (χ1) is 13.7. The Morgan fingerprint density at radius 3 is 2.32 bits per heavy atom. The fraction of sp³-hybridized carbons (Fsp3) is 0.478. The molecular weight excluding hydrogens is 352 g/mol. The molecule has 152 valence electrons. The lowest BCUT2D eigenvalue weighted by Gasteiger charge is -2.37. The number of hydrogen-bond acceptors (Lipinski definition) is 5. The molecule has 0 aliphatic carbocycles. The van der Waals surface area contributed by atoms with Gasteiger partial charge in [0.2, 0.25) is 0 Å². The van der Waals surface area contributed by atoms with Crippen molar-refractivity contribution in [2.45, 2.75) is 25.6 Å². The molecule has 1 saturated heterocycles. The summed E-state index contributed by atoms with van der Waals surface area (Å²) in [6, 6.07) is 18.4. The molecule has 0 unspecified atom stereocenters. The summed E-state index contributed by atoms with van der Waals surface area (Å²) in [4.78, 5) is 4.66. The minimum atomic E-state index is -0.476. The second-order valence-electron chi connectivity index (χ2n) is 7.25. The third-order valence-corrected chi connectivity index (χ3v) is 5.30. The van der Waals surface area contributed by atoms with E-state index in [1.165, 1.54) is 5.56 Å². The number of rotatable bonds is 9. The lowest BCUT2D eigenvalue weighted by molar-refractivity contribution is -0.0240. The van der Waals surface area contributed by atoms with Crippen LogP contribution in [0.25, 0.3) is 0 Å². The van der Waals surface area contributed by atoms with Crippen molar-refractivity contribution >= 4 is 5.69 Å². The molecular formula is C23H32N2O3. The highest BCUT2D eigenvalue weighted by atomic mass is 16.5. The zero-order chi connectivity index (χ0) is 19.8. The number of aliphatic hydroxyl groups is 1. The predicted molar refractivity (Wildman–Crippen MR) is 113 cm³/mol. The van der Waals surface area contributed by atoms with E-state index >= 15 is 0 Å². The van der Waals surface area contributed by atoms with Crippen LogP contribution in [0.15, 0.2) is 54.6 Å². The van der Waals surface area contributed by atoms with E-state index in [0.29, 0.717) is 13.2 Å². The molecule has 1 aliphatic heterocycles. The molecule has 0 spiro atoms. The lowest BCUT2D eigenvalue weighted by Crippen LogP contribution is -2.49. The highest BCUT2D eigenvalue weighted by molar-refractivity contribution is 5.58. The molecule has 1 aliphatic rings. The van der Waals surface area contributed by atoms with Crippen molar-refractivity contribution in [2.75, 3.05) is 51.3 Å². The molecule has 1 heterocycles. The van der Waals surface area contributed by atoms with Crippen LogP contribution < -0.4 is 9.64 Å². The topological polar surface area (TPSA) is 45.2 Å². The molecule has 0 bridgehead atoms. The van der Waals surface area contributed by atoms with E-state index < -0.39 is 6.10 Å². The van der Waals surface area contributed by atoms with E-state index in [1.807, 2.05) is 36.4 Å². The maximum atomic E-state index is 10.5. The molecule has 2 atom stereocenters. The van der Waals surface area contributed by atoms with Gasteiger partial charge in [0.05, 0.1) is 31.6 Å². The second kappa shape index (κ2) is 10.5. The van der Waals surface area contributed by atoms with Gasteiger partial charge in [-0.3, -0.25) is 4.90 Å². The van der Waals surface area contributed by atoms with Crippen molar-refractivity contribution in [1.29, 1.82) is 0 Å². The van der Waals surface area contributed by atoms with Crippen molar-refractivity contribution < 1.29 is 14.6 Å². The Morgan fingerprint density at radius 1 is 0.964 bits per heavy atom. The fourth-order valence-corrected chi connectivity index (χ4v) is 3.76. The number of para-hydroxylation sites is 2. The van der Waals surface area contributed by atoms with Gasteiger partial charge in [0.15, 0.2) is 0 Å². The third kappa shape index (κ3) is 5.47. The number of piperazine rings is 1. The van der Waals surface area contributed by atoms with Crippen LogP contribution >= 0.6 is 0 Å². The maximum absolute atomic E-state index is 10.5. The molecule has 3 rings (SSSR count). The number of ether oxygens (including phenoxy) is 2. The highest BCUT2D eigenvalue weighted by Crippen LogP contribution is 2.28. The standard InChI is InChI=1S/C23H32N2O3/c1-3-22(19-9-5-4-6-10-19)28-18-20(26)17-24-13-15-25(16-14-24)21-11-7-8-12-23(21)27-2/h4-12,20,22,26H,3,13-18H2,1-2H3/t20-,22-/m0/s1. The van der Waals surface area contributed by atoms with Gasteiger partial charge in [0.25, 0.3) is 0 Å². The second-order valence-corrected chi connectivity index (χ2v) is 7.25. The first kappa shape index (κ1) is 20.6. The molecule has 1 fully saturated rings. The summed E-state index contributed by atoms with van der Waals surface area (Å²) in [6.07, 6.45) is 0.461. The van der Waals surface area contributed by atoms with E-state index in [0.717, 1.165) is 44.0 Å². The average molecular weight is 385 g/mol. The molecule has 0 saturated carbocycles. The number of anilines is 1. The number of β-amino-alcohol motifs (C(OH)–C–C–N with tert-alkyl or cyclic N) is 1. The Bertz CT molecular complexity index is 702. The average Bonchev–Trinajstić information content (AvgIpc) is 2.75. The number of benzene rings is 2. The van der Waals surface area contributed by atoms with E-state index in [1.54, 1.807) is 7.11 Å². The molecule has 0 amide bonds. The van der Waals surface area contributed by atoms with E-state index in [-0.39, 0.29) is 6.10 Å². The number of methoxy groups -OCH3 is 1. The fourth-order valence-electron chi connectivity index (χ4n) is 3.76. The van der Waals surface area contributed by atoms with Crippen LogP contribution in [0.5, 0.6) is 5.75 Å². The lowest BCUT2D eigenvalue weighted by atomic mass is 10.1. The van der Waals surface area contributed by atoms with Gasteiger partial charge >= 0.3 is 0 Å². The van der Waals surface area contributed by atoms with E-state index in [4.69, 9.17) is 9.47 Å². The molecule has 0 aromatic heterocycles. The van der Waals surface area contributed by atoms with Crippen LogP contribution in [0.2, 0.25) is 0 Å². The zero-order valence-electron chi connectivity index (χ0n) is 17.0. The van der Waals surface area contributed by atoms with Gasteiger partial charge in [0.1, 0.15) is 5.75 Å². The molecule has 1 N–H and O–H groups in total. The molecule has 5 nitrogen and oxygen atoms in total. The number of nitrogens with zero attached hydrogens (tertiary/aromatic N) is 2. The number of hydrogen-bond donors (Lipinski definition) is 1. The largest absolute Gasteiger partial charge is 0.495 e. The Morgan fingerprint density at radius 2 is 1.64 bits per heavy atom. The van der Waals surface area contributed by atoms with Crippen molar-refractivity contribution in [3.05, 3.63) is 60.2 Å². The van der Waals surface area contributed by atoms with Crippen molar-refractivity contribution in [3.63, 3.8) is 0 Å². The summed E-state index contributed by atoms with van der Waals surface area (Å²) in [6.45, 7) is 6.81. The highest BCUT2D eigenvalue weighted by Gasteiger charge is 2.22. The van der Waals surface area contributed by atoms with Gasteiger partial charge in [-0.15, -0.1) is 0 Å². The van der Waals surface area contributed by atoms with Crippen LogP contribution in [-0.4, -0.2) is 62.6 Å². The summed E-state index contributed by atoms with van der Waals surface area (Å²) < 4.78 is 11.5. The van der Waals surface area contributed by atoms with Gasteiger partial charge < -0.3 is 19.5 Å². The first-order valence-electron chi connectivity index (χ1n) is 10.2. The third-order valence-electron chi connectivity index (χ3n) is 5.30. The predicted octanol–water partition coefficient (Wildman–Crippen LogP) is 3.35. The van der Waals surface area contributed by atoms with Crippen molar-refractivity contribution in [1.82, 2.24) is 4.90 Å². The molecule has 2 aromatic rings. The SMILES string of the molecule is CC[C@H](OC[C@@H](O)CN1CCN(c2ccccc2OC)CC1)c1ccccc1.